The molecule has 1 aromatic rings. The van der Waals surface area contributed by atoms with E-state index in [0.717, 1.165) is 5.56 Å². The first-order valence-electron chi connectivity index (χ1n) is 6.55. The molecular formula is C15H22N2O3. The van der Waals surface area contributed by atoms with Gasteiger partial charge in [-0.3, -0.25) is 4.79 Å². The lowest BCUT2D eigenvalue weighted by atomic mass is 10.0. The SMILES string of the molecule is CNCC(=O)C(NC(=O)OC(C)(C)C)c1ccccc1. The lowest BCUT2D eigenvalue weighted by Crippen LogP contribution is -2.40. The van der Waals surface area contributed by atoms with Gasteiger partial charge in [0.15, 0.2) is 5.78 Å². The van der Waals surface area contributed by atoms with Crippen molar-refractivity contribution in [2.24, 2.45) is 0 Å². The van der Waals surface area contributed by atoms with E-state index < -0.39 is 17.7 Å². The average Bonchev–Trinajstić information content (AvgIpc) is 2.35. The maximum absolute atomic E-state index is 12.1. The van der Waals surface area contributed by atoms with Gasteiger partial charge in [-0.2, -0.15) is 0 Å². The summed E-state index contributed by atoms with van der Waals surface area (Å²) in [6.07, 6.45) is -0.601. The molecule has 0 bridgehead atoms. The molecule has 0 fully saturated rings. The van der Waals surface area contributed by atoms with Crippen molar-refractivity contribution in [3.8, 4) is 0 Å². The number of carbonyl (C=O) groups is 2. The van der Waals surface area contributed by atoms with Crippen molar-refractivity contribution in [3.05, 3.63) is 35.9 Å². The predicted octanol–water partition coefficient (Wildman–Crippen LogP) is 2.04. The molecule has 1 amide bonds. The van der Waals surface area contributed by atoms with Crippen molar-refractivity contribution in [2.45, 2.75) is 32.4 Å². The van der Waals surface area contributed by atoms with E-state index in [1.54, 1.807) is 40.0 Å². The highest BCUT2D eigenvalue weighted by Gasteiger charge is 2.24. The fourth-order valence-corrected chi connectivity index (χ4v) is 1.70. The molecular weight excluding hydrogens is 256 g/mol. The number of ether oxygens (including phenoxy) is 1. The maximum Gasteiger partial charge on any atom is 0.408 e. The molecule has 0 radical (unpaired) electrons. The minimum atomic E-state index is -0.710. The molecule has 5 heteroatoms. The Labute approximate surface area is 119 Å². The van der Waals surface area contributed by atoms with E-state index in [2.05, 4.69) is 10.6 Å². The summed E-state index contributed by atoms with van der Waals surface area (Å²) in [5.41, 5.74) is 0.135. The van der Waals surface area contributed by atoms with Gasteiger partial charge in [0.05, 0.1) is 6.54 Å². The number of carbonyl (C=O) groups excluding carboxylic acids is 2. The number of ketones is 1. The highest BCUT2D eigenvalue weighted by molar-refractivity contribution is 5.90. The number of amides is 1. The third kappa shape index (κ3) is 5.40. The topological polar surface area (TPSA) is 67.4 Å². The van der Waals surface area contributed by atoms with Crippen molar-refractivity contribution < 1.29 is 14.3 Å². The Hall–Kier alpha value is -1.88. The second-order valence-corrected chi connectivity index (χ2v) is 5.49. The number of alkyl carbamates (subject to hydrolysis) is 1. The molecule has 0 saturated heterocycles. The van der Waals surface area contributed by atoms with Gasteiger partial charge in [0.25, 0.3) is 0 Å². The zero-order valence-electron chi connectivity index (χ0n) is 12.4. The van der Waals surface area contributed by atoms with Crippen LogP contribution in [0, 0.1) is 0 Å². The molecule has 1 atom stereocenters. The van der Waals surface area contributed by atoms with Crippen molar-refractivity contribution in [3.63, 3.8) is 0 Å². The zero-order valence-corrected chi connectivity index (χ0v) is 12.4. The average molecular weight is 278 g/mol. The first-order valence-corrected chi connectivity index (χ1v) is 6.55. The van der Waals surface area contributed by atoms with Crippen LogP contribution in [0.2, 0.25) is 0 Å². The lowest BCUT2D eigenvalue weighted by molar-refractivity contribution is -0.120. The van der Waals surface area contributed by atoms with Gasteiger partial charge in [0.1, 0.15) is 11.6 Å². The van der Waals surface area contributed by atoms with E-state index in [1.807, 2.05) is 18.2 Å². The number of likely N-dealkylation sites (N-methyl/N-ethyl adjacent to an activating group) is 1. The zero-order chi connectivity index (χ0) is 15.2. The summed E-state index contributed by atoms with van der Waals surface area (Å²) in [6.45, 7) is 5.51. The fraction of sp³-hybridized carbons (Fsp3) is 0.467. The van der Waals surface area contributed by atoms with E-state index >= 15 is 0 Å². The first kappa shape index (κ1) is 16.2. The van der Waals surface area contributed by atoms with Crippen molar-refractivity contribution in [2.75, 3.05) is 13.6 Å². The highest BCUT2D eigenvalue weighted by atomic mass is 16.6. The summed E-state index contributed by atoms with van der Waals surface area (Å²) in [4.78, 5) is 24.0. The molecule has 1 aromatic carbocycles. The van der Waals surface area contributed by atoms with Crippen LogP contribution in [0.5, 0.6) is 0 Å². The molecule has 1 rings (SSSR count). The molecule has 0 saturated carbocycles. The van der Waals surface area contributed by atoms with Gasteiger partial charge in [-0.25, -0.2) is 4.79 Å². The van der Waals surface area contributed by atoms with Gasteiger partial charge >= 0.3 is 6.09 Å². The molecule has 0 aliphatic heterocycles. The standard InChI is InChI=1S/C15H22N2O3/c1-15(2,3)20-14(19)17-13(12(18)10-16-4)11-8-6-5-7-9-11/h5-9,13,16H,10H2,1-4H3,(H,17,19). The van der Waals surface area contributed by atoms with Crippen LogP contribution < -0.4 is 10.6 Å². The van der Waals surface area contributed by atoms with Crippen LogP contribution in [-0.4, -0.2) is 31.1 Å². The Bertz CT molecular complexity index is 452. The number of hydrogen-bond acceptors (Lipinski definition) is 4. The third-order valence-corrected chi connectivity index (χ3v) is 2.47. The van der Waals surface area contributed by atoms with Gasteiger partial charge in [0.2, 0.25) is 0 Å². The quantitative estimate of drug-likeness (QED) is 0.865. The number of Topliss-reactive ketones (excluding diaryl/α,β-unsaturated/α-hetero) is 1. The van der Waals surface area contributed by atoms with E-state index in [1.165, 1.54) is 0 Å². The Morgan fingerprint density at radius 2 is 1.80 bits per heavy atom. The van der Waals surface area contributed by atoms with Gasteiger partial charge in [0, 0.05) is 0 Å². The van der Waals surface area contributed by atoms with E-state index in [0.29, 0.717) is 0 Å². The number of benzene rings is 1. The molecule has 2 N–H and O–H groups in total. The van der Waals surface area contributed by atoms with Gasteiger partial charge in [-0.05, 0) is 33.4 Å². The molecule has 0 aliphatic rings. The molecule has 0 heterocycles. The van der Waals surface area contributed by atoms with Crippen LogP contribution >= 0.6 is 0 Å². The van der Waals surface area contributed by atoms with Gasteiger partial charge < -0.3 is 15.4 Å². The van der Waals surface area contributed by atoms with Crippen LogP contribution in [0.15, 0.2) is 30.3 Å². The van der Waals surface area contributed by atoms with Crippen LogP contribution in [0.3, 0.4) is 0 Å². The molecule has 0 aliphatic carbocycles. The van der Waals surface area contributed by atoms with Gasteiger partial charge in [-0.15, -0.1) is 0 Å². The number of rotatable bonds is 5. The Kier molecular flexibility index (Phi) is 5.70. The molecule has 5 nitrogen and oxygen atoms in total. The van der Waals surface area contributed by atoms with Crippen molar-refractivity contribution >= 4 is 11.9 Å². The Morgan fingerprint density at radius 1 is 1.20 bits per heavy atom. The largest absolute Gasteiger partial charge is 0.444 e. The highest BCUT2D eigenvalue weighted by Crippen LogP contribution is 2.15. The normalized spacial score (nSPS) is 12.6. The third-order valence-electron chi connectivity index (χ3n) is 2.47. The molecule has 0 aromatic heterocycles. The monoisotopic (exact) mass is 278 g/mol. The maximum atomic E-state index is 12.1. The van der Waals surface area contributed by atoms with E-state index in [9.17, 15) is 9.59 Å². The van der Waals surface area contributed by atoms with Crippen LogP contribution in [0.1, 0.15) is 32.4 Å². The molecule has 1 unspecified atom stereocenters. The smallest absolute Gasteiger partial charge is 0.408 e. The van der Waals surface area contributed by atoms with E-state index in [4.69, 9.17) is 4.74 Å². The Balaban J connectivity index is 2.84. The van der Waals surface area contributed by atoms with Crippen LogP contribution in [0.4, 0.5) is 4.79 Å². The second-order valence-electron chi connectivity index (χ2n) is 5.49. The minimum absolute atomic E-state index is 0.121. The van der Waals surface area contributed by atoms with E-state index in [-0.39, 0.29) is 12.3 Å². The summed E-state index contributed by atoms with van der Waals surface area (Å²) in [6, 6.07) is 8.40. The number of hydrogen-bond donors (Lipinski definition) is 2. The first-order chi connectivity index (χ1) is 9.33. The predicted molar refractivity (Wildman–Crippen MR) is 77.5 cm³/mol. The molecule has 0 spiro atoms. The summed E-state index contributed by atoms with van der Waals surface area (Å²) in [7, 11) is 1.69. The van der Waals surface area contributed by atoms with Crippen LogP contribution in [0.25, 0.3) is 0 Å². The molecule has 20 heavy (non-hydrogen) atoms. The minimum Gasteiger partial charge on any atom is -0.444 e. The summed E-state index contributed by atoms with van der Waals surface area (Å²) < 4.78 is 5.20. The summed E-state index contributed by atoms with van der Waals surface area (Å²) in [5, 5.41) is 5.42. The number of nitrogens with one attached hydrogen (secondary N) is 2. The van der Waals surface area contributed by atoms with Crippen LogP contribution in [-0.2, 0) is 9.53 Å². The lowest BCUT2D eigenvalue weighted by Gasteiger charge is -2.23. The summed E-state index contributed by atoms with van der Waals surface area (Å²) >= 11 is 0. The fourth-order valence-electron chi connectivity index (χ4n) is 1.70. The Morgan fingerprint density at radius 3 is 2.30 bits per heavy atom. The summed E-state index contributed by atoms with van der Waals surface area (Å²) in [5.74, 6) is -0.121. The second kappa shape index (κ2) is 7.05. The van der Waals surface area contributed by atoms with Crippen molar-refractivity contribution in [1.82, 2.24) is 10.6 Å². The molecule has 110 valence electrons. The van der Waals surface area contributed by atoms with Crippen molar-refractivity contribution in [1.29, 1.82) is 0 Å². The van der Waals surface area contributed by atoms with Gasteiger partial charge in [-0.1, -0.05) is 30.3 Å².